The van der Waals surface area contributed by atoms with Crippen LogP contribution in [0.1, 0.15) is 26.7 Å². The molecule has 1 aliphatic heterocycles. The summed E-state index contributed by atoms with van der Waals surface area (Å²) in [6.07, 6.45) is 1.40. The van der Waals surface area contributed by atoms with Gasteiger partial charge >= 0.3 is 0 Å². The van der Waals surface area contributed by atoms with Crippen LogP contribution in [0, 0.1) is 0 Å². The number of hydrogen-bond donors (Lipinski definition) is 1. The van der Waals surface area contributed by atoms with E-state index in [1.54, 1.807) is 14.2 Å². The number of hydrogen-bond acceptors (Lipinski definition) is 3. The fourth-order valence-electron chi connectivity index (χ4n) is 6.61. The molecule has 0 bridgehead atoms. The van der Waals surface area contributed by atoms with E-state index in [4.69, 9.17) is 9.47 Å². The van der Waals surface area contributed by atoms with Gasteiger partial charge in [-0.1, -0.05) is 101 Å². The second-order valence-corrected chi connectivity index (χ2v) is 13.7. The molecule has 198 valence electrons. The first-order chi connectivity index (χ1) is 19.0. The Bertz CT molecular complexity index is 1540. The molecular weight excluding hydrogens is 499 g/mol. The van der Waals surface area contributed by atoms with E-state index in [2.05, 4.69) is 105 Å². The average Bonchev–Trinajstić information content (AvgIpc) is 2.95. The molecule has 39 heavy (non-hydrogen) atoms. The lowest BCUT2D eigenvalue weighted by Crippen LogP contribution is -2.32. The van der Waals surface area contributed by atoms with Crippen LogP contribution in [0.3, 0.4) is 0 Å². The van der Waals surface area contributed by atoms with Gasteiger partial charge in [0.25, 0.3) is 0 Å². The van der Waals surface area contributed by atoms with Gasteiger partial charge in [-0.15, -0.1) is 0 Å². The maximum Gasteiger partial charge on any atom is 0.127 e. The lowest BCUT2D eigenvalue weighted by molar-refractivity contribution is 0.149. The Labute approximate surface area is 232 Å². The molecular formula is C35H35O3P. The van der Waals surface area contributed by atoms with E-state index in [0.29, 0.717) is 11.3 Å². The molecule has 0 saturated carbocycles. The van der Waals surface area contributed by atoms with Crippen LogP contribution < -0.4 is 14.8 Å². The molecule has 1 fully saturated rings. The highest BCUT2D eigenvalue weighted by Gasteiger charge is 2.37. The van der Waals surface area contributed by atoms with E-state index in [1.807, 2.05) is 0 Å². The fourth-order valence-corrected chi connectivity index (χ4v) is 10.2. The molecule has 2 unspecified atom stereocenters. The van der Waals surface area contributed by atoms with Crippen LogP contribution in [-0.2, 0) is 0 Å². The van der Waals surface area contributed by atoms with Crippen molar-refractivity contribution in [1.29, 1.82) is 0 Å². The van der Waals surface area contributed by atoms with Crippen molar-refractivity contribution in [1.82, 2.24) is 0 Å². The Hall–Kier alpha value is -3.39. The third kappa shape index (κ3) is 4.48. The predicted molar refractivity (Wildman–Crippen MR) is 166 cm³/mol. The molecule has 5 aromatic carbocycles. The van der Waals surface area contributed by atoms with Crippen molar-refractivity contribution in [2.45, 2.75) is 44.1 Å². The molecule has 6 rings (SSSR count). The van der Waals surface area contributed by atoms with Gasteiger partial charge in [0, 0.05) is 11.1 Å². The molecule has 1 aliphatic rings. The summed E-state index contributed by atoms with van der Waals surface area (Å²) in [6, 6.07) is 32.3. The molecule has 0 aromatic heterocycles. The van der Waals surface area contributed by atoms with Gasteiger partial charge in [0.15, 0.2) is 0 Å². The highest BCUT2D eigenvalue weighted by Crippen LogP contribution is 2.57. The summed E-state index contributed by atoms with van der Waals surface area (Å²) in [5, 5.41) is 16.8. The van der Waals surface area contributed by atoms with E-state index in [9.17, 15) is 5.11 Å². The van der Waals surface area contributed by atoms with Crippen molar-refractivity contribution in [3.63, 3.8) is 0 Å². The van der Waals surface area contributed by atoms with Crippen LogP contribution in [-0.4, -0.2) is 36.7 Å². The van der Waals surface area contributed by atoms with Crippen LogP contribution >= 0.6 is 7.92 Å². The molecule has 5 aromatic rings. The van der Waals surface area contributed by atoms with Gasteiger partial charge in [0.1, 0.15) is 11.5 Å². The Kier molecular flexibility index (Phi) is 7.06. The van der Waals surface area contributed by atoms with Crippen LogP contribution in [0.25, 0.3) is 43.8 Å². The van der Waals surface area contributed by atoms with Crippen molar-refractivity contribution < 1.29 is 14.6 Å². The van der Waals surface area contributed by atoms with Gasteiger partial charge in [-0.05, 0) is 74.3 Å². The summed E-state index contributed by atoms with van der Waals surface area (Å²) in [6.45, 7) is 4.65. The van der Waals surface area contributed by atoms with Crippen molar-refractivity contribution >= 4 is 34.8 Å². The average molecular weight is 535 g/mol. The zero-order valence-corrected chi connectivity index (χ0v) is 23.9. The second kappa shape index (κ2) is 10.6. The first kappa shape index (κ1) is 25.9. The van der Waals surface area contributed by atoms with Gasteiger partial charge in [-0.3, -0.25) is 0 Å². The van der Waals surface area contributed by atoms with E-state index in [-0.39, 0.29) is 6.10 Å². The summed E-state index contributed by atoms with van der Waals surface area (Å²) in [5.74, 6) is 1.76. The molecule has 3 nitrogen and oxygen atoms in total. The molecule has 0 aliphatic carbocycles. The highest BCUT2D eigenvalue weighted by molar-refractivity contribution is 7.67. The number of fused-ring (bicyclic) bond motifs is 2. The number of benzene rings is 5. The van der Waals surface area contributed by atoms with Crippen molar-refractivity contribution in [3.8, 4) is 33.8 Å². The third-order valence-corrected chi connectivity index (χ3v) is 11.5. The fraction of sp³-hybridized carbons (Fsp3) is 0.257. The number of rotatable bonds is 5. The number of aliphatic hydroxyl groups is 1. The molecule has 1 saturated heterocycles. The number of ether oxygens (including phenoxy) is 2. The predicted octanol–water partition coefficient (Wildman–Crippen LogP) is 8.38. The van der Waals surface area contributed by atoms with Crippen LogP contribution in [0.15, 0.2) is 91.0 Å². The number of methoxy groups -OCH3 is 2. The van der Waals surface area contributed by atoms with E-state index in [1.165, 1.54) is 38.0 Å². The Morgan fingerprint density at radius 3 is 1.54 bits per heavy atom. The Balaban J connectivity index is 1.75. The van der Waals surface area contributed by atoms with Crippen LogP contribution in [0.4, 0.5) is 0 Å². The van der Waals surface area contributed by atoms with Gasteiger partial charge in [-0.2, -0.15) is 0 Å². The minimum Gasteiger partial charge on any atom is -0.496 e. The number of aliphatic hydroxyl groups excluding tert-OH is 1. The monoisotopic (exact) mass is 534 g/mol. The van der Waals surface area contributed by atoms with Gasteiger partial charge in [0.05, 0.1) is 20.3 Å². The van der Waals surface area contributed by atoms with Gasteiger partial charge in [-0.25, -0.2) is 0 Å². The van der Waals surface area contributed by atoms with Gasteiger partial charge < -0.3 is 14.6 Å². The first-order valence-electron chi connectivity index (χ1n) is 13.7. The lowest BCUT2D eigenvalue weighted by Gasteiger charge is -2.40. The molecule has 4 heteroatoms. The minimum atomic E-state index is -0.621. The zero-order valence-electron chi connectivity index (χ0n) is 23.0. The Morgan fingerprint density at radius 2 is 1.08 bits per heavy atom. The smallest absolute Gasteiger partial charge is 0.127 e. The van der Waals surface area contributed by atoms with Crippen molar-refractivity contribution in [2.75, 3.05) is 14.2 Å². The molecule has 2 atom stereocenters. The van der Waals surface area contributed by atoms with Crippen molar-refractivity contribution in [3.05, 3.63) is 91.0 Å². The SMILES string of the molecule is COc1ccc2ccccc2c1-c1cccc(-c2c(OC)ccc3ccccc23)c1P1C(C)CC(O)CC1C. The maximum atomic E-state index is 10.7. The Morgan fingerprint density at radius 1 is 0.615 bits per heavy atom. The summed E-state index contributed by atoms with van der Waals surface area (Å²) >= 11 is 0. The summed E-state index contributed by atoms with van der Waals surface area (Å²) in [4.78, 5) is 0. The van der Waals surface area contributed by atoms with Crippen molar-refractivity contribution in [2.24, 2.45) is 0 Å². The normalized spacial score (nSPS) is 21.3. The molecule has 1 heterocycles. The molecule has 0 radical (unpaired) electrons. The highest BCUT2D eigenvalue weighted by atomic mass is 31.1. The second-order valence-electron chi connectivity index (χ2n) is 10.7. The third-order valence-electron chi connectivity index (χ3n) is 8.23. The zero-order chi connectivity index (χ0) is 27.1. The van der Waals surface area contributed by atoms with E-state index < -0.39 is 7.92 Å². The van der Waals surface area contributed by atoms with E-state index >= 15 is 0 Å². The summed E-state index contributed by atoms with van der Waals surface area (Å²) in [5.41, 5.74) is 5.47. The molecule has 0 amide bonds. The largest absolute Gasteiger partial charge is 0.496 e. The maximum absolute atomic E-state index is 10.7. The first-order valence-corrected chi connectivity index (χ1v) is 15.2. The molecule has 1 N–H and O–H groups in total. The van der Waals surface area contributed by atoms with Crippen LogP contribution in [0.2, 0.25) is 0 Å². The van der Waals surface area contributed by atoms with Gasteiger partial charge in [0.2, 0.25) is 0 Å². The quantitative estimate of drug-likeness (QED) is 0.230. The lowest BCUT2D eigenvalue weighted by atomic mass is 9.92. The summed E-state index contributed by atoms with van der Waals surface area (Å²) in [7, 11) is 2.90. The minimum absolute atomic E-state index is 0.247. The standard InChI is InChI=1S/C35H35O3P/c1-22-20-26(36)21-23(2)39(22)35-29(33-27-12-7-5-10-24(27)16-18-31(33)37-3)14-9-15-30(35)34-28-13-8-6-11-25(28)17-19-32(34)38-4/h5-19,22-23,26,36H,20-21H2,1-4H3. The topological polar surface area (TPSA) is 38.7 Å². The van der Waals surface area contributed by atoms with E-state index in [0.717, 1.165) is 35.5 Å². The molecule has 0 spiro atoms. The van der Waals surface area contributed by atoms with Crippen LogP contribution in [0.5, 0.6) is 11.5 Å². The summed E-state index contributed by atoms with van der Waals surface area (Å²) < 4.78 is 12.0.